The van der Waals surface area contributed by atoms with Gasteiger partial charge in [-0.15, -0.1) is 11.3 Å². The van der Waals surface area contributed by atoms with Crippen LogP contribution in [0.25, 0.3) is 11.3 Å². The number of nitrogens with one attached hydrogen (secondary N) is 1. The molecule has 0 radical (unpaired) electrons. The molecule has 2 aliphatic rings. The van der Waals surface area contributed by atoms with Crippen LogP contribution in [0.15, 0.2) is 35.7 Å². The fraction of sp³-hybridized carbons (Fsp3) is 0.515. The van der Waals surface area contributed by atoms with E-state index in [-0.39, 0.29) is 18.0 Å². The van der Waals surface area contributed by atoms with E-state index in [4.69, 9.17) is 23.9 Å². The number of ether oxygens (including phenoxy) is 4. The summed E-state index contributed by atoms with van der Waals surface area (Å²) in [6.07, 6.45) is 1.40. The second kappa shape index (κ2) is 13.0. The third kappa shape index (κ3) is 6.90. The Morgan fingerprint density at radius 1 is 1.24 bits per heavy atom. The van der Waals surface area contributed by atoms with Crippen molar-refractivity contribution in [1.29, 1.82) is 0 Å². The standard InChI is InChI=1S/C33H43N3O5S/c1-7-39-29-18-36(14-12-25(29)31(37)41-33(3,4)5)32-35-27(20-42-32)24-10-8-9-21(2)30(24)40-19-22-15-23-11-13-34-17-26(23)28(16-22)38-6/h8-10,15-16,20,25,29,34H,7,11-14,17-19H2,1-6H3/t25-,29+/m0/s1. The Labute approximate surface area is 253 Å². The average molecular weight is 594 g/mol. The molecular formula is C33H43N3O5S. The molecule has 42 heavy (non-hydrogen) atoms. The number of hydrogen-bond acceptors (Lipinski definition) is 9. The van der Waals surface area contributed by atoms with Crippen molar-refractivity contribution in [1.82, 2.24) is 10.3 Å². The molecule has 0 amide bonds. The van der Waals surface area contributed by atoms with Crippen molar-refractivity contribution in [3.8, 4) is 22.8 Å². The maximum absolute atomic E-state index is 12.9. The number of benzene rings is 2. The van der Waals surface area contributed by atoms with Crippen LogP contribution < -0.4 is 19.7 Å². The van der Waals surface area contributed by atoms with Crippen molar-refractivity contribution < 1.29 is 23.7 Å². The highest BCUT2D eigenvalue weighted by Crippen LogP contribution is 2.38. The Bertz CT molecular complexity index is 1380. The molecule has 0 aliphatic carbocycles. The summed E-state index contributed by atoms with van der Waals surface area (Å²) in [4.78, 5) is 20.2. The molecule has 0 saturated carbocycles. The maximum Gasteiger partial charge on any atom is 0.312 e. The van der Waals surface area contributed by atoms with Crippen molar-refractivity contribution >= 4 is 22.4 Å². The van der Waals surface area contributed by atoms with E-state index in [1.807, 2.05) is 33.8 Å². The van der Waals surface area contributed by atoms with Crippen molar-refractivity contribution in [2.45, 2.75) is 72.3 Å². The minimum absolute atomic E-state index is 0.185. The Balaban J connectivity index is 1.32. The molecule has 1 fully saturated rings. The highest BCUT2D eigenvalue weighted by molar-refractivity contribution is 7.14. The van der Waals surface area contributed by atoms with E-state index in [9.17, 15) is 4.79 Å². The number of esters is 1. The number of methoxy groups -OCH3 is 1. The molecule has 3 heterocycles. The summed E-state index contributed by atoms with van der Waals surface area (Å²) in [6, 6.07) is 10.5. The highest BCUT2D eigenvalue weighted by atomic mass is 32.1. The number of fused-ring (bicyclic) bond motifs is 1. The minimum atomic E-state index is -0.522. The summed E-state index contributed by atoms with van der Waals surface area (Å²) in [7, 11) is 1.73. The van der Waals surface area contributed by atoms with Crippen LogP contribution in [0.1, 0.15) is 56.4 Å². The van der Waals surface area contributed by atoms with Gasteiger partial charge in [-0.1, -0.05) is 18.2 Å². The monoisotopic (exact) mass is 593 g/mol. The first-order valence-electron chi connectivity index (χ1n) is 14.8. The lowest BCUT2D eigenvalue weighted by molar-refractivity contribution is -0.166. The van der Waals surface area contributed by atoms with Crippen LogP contribution in [0.2, 0.25) is 0 Å². The minimum Gasteiger partial charge on any atom is -0.496 e. The van der Waals surface area contributed by atoms with Gasteiger partial charge < -0.3 is 29.2 Å². The van der Waals surface area contributed by atoms with Crippen molar-refractivity contribution in [3.05, 3.63) is 58.0 Å². The van der Waals surface area contributed by atoms with Gasteiger partial charge in [-0.3, -0.25) is 4.79 Å². The van der Waals surface area contributed by atoms with E-state index in [1.165, 1.54) is 11.1 Å². The highest BCUT2D eigenvalue weighted by Gasteiger charge is 2.38. The zero-order valence-corrected chi connectivity index (χ0v) is 26.4. The molecule has 1 N–H and O–H groups in total. The van der Waals surface area contributed by atoms with Crippen LogP contribution in [-0.2, 0) is 33.8 Å². The lowest BCUT2D eigenvalue weighted by atomic mass is 9.93. The van der Waals surface area contributed by atoms with Gasteiger partial charge in [0, 0.05) is 42.7 Å². The van der Waals surface area contributed by atoms with Gasteiger partial charge in [-0.2, -0.15) is 0 Å². The Hall–Kier alpha value is -3.14. The van der Waals surface area contributed by atoms with Gasteiger partial charge in [-0.05, 0) is 82.8 Å². The third-order valence-corrected chi connectivity index (χ3v) is 8.64. The first-order chi connectivity index (χ1) is 20.2. The van der Waals surface area contributed by atoms with Gasteiger partial charge in [-0.25, -0.2) is 4.98 Å². The zero-order chi connectivity index (χ0) is 29.9. The second-order valence-corrected chi connectivity index (χ2v) is 12.8. The summed E-state index contributed by atoms with van der Waals surface area (Å²) >= 11 is 1.61. The normalized spacial score (nSPS) is 18.9. The van der Waals surface area contributed by atoms with Gasteiger partial charge >= 0.3 is 5.97 Å². The fourth-order valence-electron chi connectivity index (χ4n) is 5.75. The number of rotatable bonds is 9. The Morgan fingerprint density at radius 2 is 2.07 bits per heavy atom. The molecule has 9 heteroatoms. The van der Waals surface area contributed by atoms with Gasteiger partial charge in [0.2, 0.25) is 0 Å². The second-order valence-electron chi connectivity index (χ2n) is 12.0. The lowest BCUT2D eigenvalue weighted by Gasteiger charge is -2.38. The first kappa shape index (κ1) is 30.3. The predicted octanol–water partition coefficient (Wildman–Crippen LogP) is 5.92. The van der Waals surface area contributed by atoms with Crippen LogP contribution in [0.4, 0.5) is 5.13 Å². The number of carbonyl (C=O) groups is 1. The molecule has 2 aliphatic heterocycles. The first-order valence-corrected chi connectivity index (χ1v) is 15.7. The van der Waals surface area contributed by atoms with E-state index in [2.05, 4.69) is 46.8 Å². The number of hydrogen-bond donors (Lipinski definition) is 1. The van der Waals surface area contributed by atoms with Crippen LogP contribution >= 0.6 is 11.3 Å². The quantitative estimate of drug-likeness (QED) is 0.306. The molecule has 5 rings (SSSR count). The number of thiazole rings is 1. The van der Waals surface area contributed by atoms with Gasteiger partial charge in [0.05, 0.1) is 24.8 Å². The maximum atomic E-state index is 12.9. The average Bonchev–Trinajstić information content (AvgIpc) is 3.45. The van der Waals surface area contributed by atoms with Crippen LogP contribution in [0.5, 0.6) is 11.5 Å². The van der Waals surface area contributed by atoms with E-state index in [0.29, 0.717) is 32.7 Å². The Kier molecular flexibility index (Phi) is 9.40. The number of piperidine rings is 1. The number of anilines is 1. The van der Waals surface area contributed by atoms with Crippen molar-refractivity contribution in [2.75, 3.05) is 38.3 Å². The lowest BCUT2D eigenvalue weighted by Crippen LogP contribution is -2.49. The largest absolute Gasteiger partial charge is 0.496 e. The zero-order valence-electron chi connectivity index (χ0n) is 25.6. The van der Waals surface area contributed by atoms with Gasteiger partial charge in [0.25, 0.3) is 0 Å². The molecule has 1 saturated heterocycles. The molecule has 8 nitrogen and oxygen atoms in total. The molecule has 2 aromatic carbocycles. The fourth-order valence-corrected chi connectivity index (χ4v) is 6.61. The Morgan fingerprint density at radius 3 is 2.83 bits per heavy atom. The number of carbonyl (C=O) groups excluding carboxylic acids is 1. The summed E-state index contributed by atoms with van der Waals surface area (Å²) in [6.45, 7) is 13.8. The molecule has 226 valence electrons. The van der Waals surface area contributed by atoms with Crippen LogP contribution in [0, 0.1) is 12.8 Å². The van der Waals surface area contributed by atoms with Crippen molar-refractivity contribution in [3.63, 3.8) is 0 Å². The van der Waals surface area contributed by atoms with E-state index in [1.54, 1.807) is 18.4 Å². The summed E-state index contributed by atoms with van der Waals surface area (Å²) in [5.74, 6) is 1.28. The van der Waals surface area contributed by atoms with E-state index < -0.39 is 5.60 Å². The third-order valence-electron chi connectivity index (χ3n) is 7.74. The molecule has 2 atom stereocenters. The summed E-state index contributed by atoms with van der Waals surface area (Å²) < 4.78 is 23.9. The summed E-state index contributed by atoms with van der Waals surface area (Å²) in [5.41, 5.74) is 6.04. The number of para-hydroxylation sites is 1. The number of aromatic nitrogens is 1. The van der Waals surface area contributed by atoms with Gasteiger partial charge in [0.1, 0.15) is 23.7 Å². The predicted molar refractivity (Wildman–Crippen MR) is 167 cm³/mol. The van der Waals surface area contributed by atoms with E-state index >= 15 is 0 Å². The van der Waals surface area contributed by atoms with E-state index in [0.717, 1.165) is 58.5 Å². The molecule has 0 unspecified atom stereocenters. The van der Waals surface area contributed by atoms with Crippen molar-refractivity contribution in [2.24, 2.45) is 5.92 Å². The SMILES string of the molecule is CCO[C@@H]1CN(c2nc(-c3cccc(C)c3OCc3cc4c(c(OC)c3)CNCC4)cs2)CC[C@@H]1C(=O)OC(C)(C)C. The molecule has 1 aromatic heterocycles. The smallest absolute Gasteiger partial charge is 0.312 e. The molecule has 0 spiro atoms. The number of aryl methyl sites for hydroxylation is 1. The molecular weight excluding hydrogens is 550 g/mol. The molecule has 0 bridgehead atoms. The topological polar surface area (TPSA) is 82.2 Å². The van der Waals surface area contributed by atoms with Crippen LogP contribution in [-0.4, -0.2) is 56.0 Å². The number of nitrogens with zero attached hydrogens (tertiary/aromatic N) is 2. The summed E-state index contributed by atoms with van der Waals surface area (Å²) in [5, 5.41) is 6.43. The molecule has 3 aromatic rings. The van der Waals surface area contributed by atoms with Gasteiger partial charge in [0.15, 0.2) is 5.13 Å². The van der Waals surface area contributed by atoms with Crippen LogP contribution in [0.3, 0.4) is 0 Å².